The minimum atomic E-state index is -0.483. The molecule has 0 saturated heterocycles. The van der Waals surface area contributed by atoms with Gasteiger partial charge in [0.25, 0.3) is 5.88 Å². The van der Waals surface area contributed by atoms with Crippen molar-refractivity contribution in [1.29, 1.82) is 0 Å². The Hall–Kier alpha value is -2.37. The van der Waals surface area contributed by atoms with Gasteiger partial charge in [0.05, 0.1) is 19.6 Å². The molecule has 1 amide bonds. The van der Waals surface area contributed by atoms with Gasteiger partial charge in [0, 0.05) is 24.0 Å². The first kappa shape index (κ1) is 15.2. The molecule has 3 atom stereocenters. The van der Waals surface area contributed by atoms with Crippen molar-refractivity contribution in [3.05, 3.63) is 48.2 Å². The fourth-order valence-corrected chi connectivity index (χ4v) is 3.31. The van der Waals surface area contributed by atoms with Crippen LogP contribution in [0.25, 0.3) is 0 Å². The van der Waals surface area contributed by atoms with Crippen molar-refractivity contribution in [3.63, 3.8) is 0 Å². The Balaban J connectivity index is 1.57. The number of pyridine rings is 1. The third kappa shape index (κ3) is 2.88. The first-order chi connectivity index (χ1) is 11.6. The minimum Gasteiger partial charge on any atom is -0.468 e. The van der Waals surface area contributed by atoms with Crippen LogP contribution in [0.3, 0.4) is 0 Å². The first-order valence-corrected chi connectivity index (χ1v) is 8.32. The molecule has 2 aliphatic rings. The second-order valence-corrected chi connectivity index (χ2v) is 6.72. The zero-order valence-electron chi connectivity index (χ0n) is 13.6. The maximum absolute atomic E-state index is 13.9. The number of amides is 1. The molecule has 2 aromatic heterocycles. The monoisotopic (exact) mass is 329 g/mol. The molecule has 0 unspecified atom stereocenters. The Bertz CT molecular complexity index is 760. The Morgan fingerprint density at radius 2 is 2.17 bits per heavy atom. The lowest BCUT2D eigenvalue weighted by Gasteiger charge is -2.24. The molecular weight excluding hydrogens is 309 g/mol. The molecule has 1 saturated carbocycles. The SMILES string of the molecule is C[C@@H]1C[C@H]1C(=O)N1Cc2cccn2C[C@H](Oc2ncccc2F)C1. The summed E-state index contributed by atoms with van der Waals surface area (Å²) in [7, 11) is 0. The van der Waals surface area contributed by atoms with Crippen LogP contribution in [0.2, 0.25) is 0 Å². The number of carbonyl (C=O) groups excluding carboxylic acids is 1. The summed E-state index contributed by atoms with van der Waals surface area (Å²) in [6.45, 7) is 3.68. The van der Waals surface area contributed by atoms with Crippen molar-refractivity contribution >= 4 is 5.91 Å². The van der Waals surface area contributed by atoms with E-state index in [0.717, 1.165) is 12.1 Å². The first-order valence-electron chi connectivity index (χ1n) is 8.32. The lowest BCUT2D eigenvalue weighted by atomic mass is 10.2. The third-order valence-corrected chi connectivity index (χ3v) is 4.84. The largest absolute Gasteiger partial charge is 0.468 e. The lowest BCUT2D eigenvalue weighted by Crippen LogP contribution is -2.39. The van der Waals surface area contributed by atoms with Crippen molar-refractivity contribution in [1.82, 2.24) is 14.5 Å². The molecule has 0 aromatic carbocycles. The Morgan fingerprint density at radius 1 is 1.33 bits per heavy atom. The van der Waals surface area contributed by atoms with Gasteiger partial charge in [0.1, 0.15) is 6.10 Å². The second kappa shape index (κ2) is 5.92. The maximum Gasteiger partial charge on any atom is 0.250 e. The molecule has 0 spiro atoms. The Morgan fingerprint density at radius 3 is 2.92 bits per heavy atom. The van der Waals surface area contributed by atoms with Crippen LogP contribution in [0.5, 0.6) is 5.88 Å². The highest BCUT2D eigenvalue weighted by Crippen LogP contribution is 2.39. The molecule has 0 bridgehead atoms. The maximum atomic E-state index is 13.9. The summed E-state index contributed by atoms with van der Waals surface area (Å²) >= 11 is 0. The van der Waals surface area contributed by atoms with Crippen LogP contribution in [0.15, 0.2) is 36.7 Å². The highest BCUT2D eigenvalue weighted by atomic mass is 19.1. The summed E-state index contributed by atoms with van der Waals surface area (Å²) in [6.07, 6.45) is 4.09. The van der Waals surface area contributed by atoms with E-state index < -0.39 is 5.82 Å². The molecule has 24 heavy (non-hydrogen) atoms. The highest BCUT2D eigenvalue weighted by Gasteiger charge is 2.42. The van der Waals surface area contributed by atoms with E-state index in [1.165, 1.54) is 18.3 Å². The molecule has 0 N–H and O–H groups in total. The quantitative estimate of drug-likeness (QED) is 0.869. The van der Waals surface area contributed by atoms with Crippen molar-refractivity contribution in [3.8, 4) is 5.88 Å². The number of aromatic nitrogens is 2. The molecule has 3 heterocycles. The van der Waals surface area contributed by atoms with Gasteiger partial charge in [-0.1, -0.05) is 6.92 Å². The molecule has 126 valence electrons. The van der Waals surface area contributed by atoms with Crippen LogP contribution < -0.4 is 4.74 Å². The number of hydrogen-bond donors (Lipinski definition) is 0. The lowest BCUT2D eigenvalue weighted by molar-refractivity contribution is -0.134. The summed E-state index contributed by atoms with van der Waals surface area (Å²) in [6, 6.07) is 6.83. The molecule has 1 fully saturated rings. The summed E-state index contributed by atoms with van der Waals surface area (Å²) in [5.74, 6) is 0.264. The molecule has 0 radical (unpaired) electrons. The van der Waals surface area contributed by atoms with E-state index in [1.807, 2.05) is 23.2 Å². The molecule has 4 rings (SSSR count). The average molecular weight is 329 g/mol. The number of fused-ring (bicyclic) bond motifs is 1. The van der Waals surface area contributed by atoms with E-state index in [-0.39, 0.29) is 23.8 Å². The number of ether oxygens (including phenoxy) is 1. The number of carbonyl (C=O) groups is 1. The molecule has 6 heteroatoms. The summed E-state index contributed by atoms with van der Waals surface area (Å²) in [5.41, 5.74) is 1.07. The number of rotatable bonds is 3. The van der Waals surface area contributed by atoms with E-state index >= 15 is 0 Å². The van der Waals surface area contributed by atoms with Crippen LogP contribution in [0.1, 0.15) is 19.0 Å². The average Bonchev–Trinajstić information content (AvgIpc) is 3.19. The highest BCUT2D eigenvalue weighted by molar-refractivity contribution is 5.81. The number of halogens is 1. The van der Waals surface area contributed by atoms with Crippen LogP contribution in [-0.4, -0.2) is 33.0 Å². The Kier molecular flexibility index (Phi) is 3.75. The van der Waals surface area contributed by atoms with E-state index in [4.69, 9.17) is 4.74 Å². The summed E-state index contributed by atoms with van der Waals surface area (Å²) < 4.78 is 21.7. The summed E-state index contributed by atoms with van der Waals surface area (Å²) in [5, 5.41) is 0. The van der Waals surface area contributed by atoms with E-state index in [1.54, 1.807) is 0 Å². The smallest absolute Gasteiger partial charge is 0.250 e. The topological polar surface area (TPSA) is 47.4 Å². The van der Waals surface area contributed by atoms with Gasteiger partial charge in [-0.25, -0.2) is 9.37 Å². The molecule has 1 aliphatic heterocycles. The van der Waals surface area contributed by atoms with Gasteiger partial charge < -0.3 is 14.2 Å². The minimum absolute atomic E-state index is 0.00899. The zero-order valence-corrected chi connectivity index (χ0v) is 13.6. The van der Waals surface area contributed by atoms with E-state index in [9.17, 15) is 9.18 Å². The fraction of sp³-hybridized carbons (Fsp3) is 0.444. The molecular formula is C18H20FN3O2. The van der Waals surface area contributed by atoms with E-state index in [2.05, 4.69) is 16.5 Å². The van der Waals surface area contributed by atoms with Gasteiger partial charge in [-0.15, -0.1) is 0 Å². The summed E-state index contributed by atoms with van der Waals surface area (Å²) in [4.78, 5) is 18.5. The third-order valence-electron chi connectivity index (χ3n) is 4.84. The predicted octanol–water partition coefficient (Wildman–Crippen LogP) is 2.47. The fourth-order valence-electron chi connectivity index (χ4n) is 3.31. The molecule has 1 aliphatic carbocycles. The van der Waals surface area contributed by atoms with Crippen molar-refractivity contribution in [2.75, 3.05) is 6.54 Å². The molecule has 5 nitrogen and oxygen atoms in total. The normalized spacial score (nSPS) is 25.8. The van der Waals surface area contributed by atoms with Gasteiger partial charge in [-0.05, 0) is 36.6 Å². The van der Waals surface area contributed by atoms with E-state index in [0.29, 0.717) is 25.6 Å². The van der Waals surface area contributed by atoms with Crippen LogP contribution in [0, 0.1) is 17.7 Å². The zero-order chi connectivity index (χ0) is 16.7. The van der Waals surface area contributed by atoms with Crippen molar-refractivity contribution in [2.45, 2.75) is 32.5 Å². The van der Waals surface area contributed by atoms with Crippen molar-refractivity contribution in [2.24, 2.45) is 11.8 Å². The van der Waals surface area contributed by atoms with Gasteiger partial charge in [-0.3, -0.25) is 4.79 Å². The molecule has 2 aromatic rings. The van der Waals surface area contributed by atoms with Crippen molar-refractivity contribution < 1.29 is 13.9 Å². The van der Waals surface area contributed by atoms with Crippen LogP contribution >= 0.6 is 0 Å². The van der Waals surface area contributed by atoms with Gasteiger partial charge >= 0.3 is 0 Å². The van der Waals surface area contributed by atoms with Gasteiger partial charge in [0.2, 0.25) is 5.91 Å². The Labute approximate surface area is 140 Å². The van der Waals surface area contributed by atoms with Gasteiger partial charge in [0.15, 0.2) is 5.82 Å². The van der Waals surface area contributed by atoms with Crippen LogP contribution in [-0.2, 0) is 17.9 Å². The number of hydrogen-bond acceptors (Lipinski definition) is 3. The van der Waals surface area contributed by atoms with Crippen LogP contribution in [0.4, 0.5) is 4.39 Å². The second-order valence-electron chi connectivity index (χ2n) is 6.72. The predicted molar refractivity (Wildman–Crippen MR) is 85.7 cm³/mol. The van der Waals surface area contributed by atoms with Gasteiger partial charge in [-0.2, -0.15) is 0 Å². The number of nitrogens with zero attached hydrogens (tertiary/aromatic N) is 3. The standard InChI is InChI=1S/C18H20FN3O2/c1-12-8-15(12)18(23)22-9-13-4-3-7-21(13)10-14(11-22)24-17-16(19)5-2-6-20-17/h2-7,12,14-15H,8-11H2,1H3/t12-,14+,15-/m1/s1.